The number of phenols is 2. The zero-order valence-corrected chi connectivity index (χ0v) is 12.6. The van der Waals surface area contributed by atoms with Gasteiger partial charge in [-0.2, -0.15) is 0 Å². The second-order valence-electron chi connectivity index (χ2n) is 5.02. The zero-order valence-electron chi connectivity index (χ0n) is 11.8. The Hall–Kier alpha value is -2.27. The monoisotopic (exact) mass is 300 g/mol. The molecule has 0 aliphatic heterocycles. The highest BCUT2D eigenvalue weighted by molar-refractivity contribution is 7.18. The molecule has 0 radical (unpaired) electrons. The lowest BCUT2D eigenvalue weighted by atomic mass is 10.1. The van der Waals surface area contributed by atoms with Crippen molar-refractivity contribution in [2.24, 2.45) is 0 Å². The first kappa shape index (κ1) is 13.7. The number of aromatic nitrogens is 1. The number of fused-ring (bicyclic) bond motifs is 1. The van der Waals surface area contributed by atoms with Gasteiger partial charge in [-0.25, -0.2) is 4.98 Å². The fourth-order valence-corrected chi connectivity index (χ4v) is 3.22. The van der Waals surface area contributed by atoms with Crippen molar-refractivity contribution in [1.82, 2.24) is 4.98 Å². The summed E-state index contributed by atoms with van der Waals surface area (Å²) in [6.45, 7) is 3.96. The molecule has 5 heteroatoms. The minimum atomic E-state index is -0.0722. The van der Waals surface area contributed by atoms with E-state index in [1.807, 2.05) is 26.0 Å². The standard InChI is InChI=1S/C16H16N2O2S/c1-9(13-5-4-12(19)8-15(13)20)17-11-3-6-14-16(7-11)21-10(2)18-14/h3-9,17,19-20H,1-2H3. The molecular formula is C16H16N2O2S. The number of anilines is 1. The lowest BCUT2D eigenvalue weighted by Crippen LogP contribution is -2.06. The van der Waals surface area contributed by atoms with Crippen LogP contribution in [0.4, 0.5) is 5.69 Å². The predicted octanol–water partition coefficient (Wildman–Crippen LogP) is 4.19. The lowest BCUT2D eigenvalue weighted by molar-refractivity contribution is 0.444. The van der Waals surface area contributed by atoms with Gasteiger partial charge in [0.25, 0.3) is 0 Å². The number of thiazole rings is 1. The Morgan fingerprint density at radius 3 is 2.71 bits per heavy atom. The summed E-state index contributed by atoms with van der Waals surface area (Å²) in [5.41, 5.74) is 2.72. The summed E-state index contributed by atoms with van der Waals surface area (Å²) in [7, 11) is 0. The van der Waals surface area contributed by atoms with Crippen molar-refractivity contribution in [3.8, 4) is 11.5 Å². The number of nitrogens with zero attached hydrogens (tertiary/aromatic N) is 1. The van der Waals surface area contributed by atoms with Crippen molar-refractivity contribution in [1.29, 1.82) is 0 Å². The van der Waals surface area contributed by atoms with E-state index in [-0.39, 0.29) is 17.5 Å². The van der Waals surface area contributed by atoms with Crippen molar-refractivity contribution in [3.63, 3.8) is 0 Å². The van der Waals surface area contributed by atoms with Crippen LogP contribution in [0.15, 0.2) is 36.4 Å². The molecule has 0 spiro atoms. The van der Waals surface area contributed by atoms with Crippen LogP contribution in [-0.4, -0.2) is 15.2 Å². The van der Waals surface area contributed by atoms with Crippen LogP contribution in [0, 0.1) is 6.92 Å². The number of benzene rings is 2. The van der Waals surface area contributed by atoms with Crippen LogP contribution in [0.25, 0.3) is 10.2 Å². The Morgan fingerprint density at radius 2 is 1.95 bits per heavy atom. The summed E-state index contributed by atoms with van der Waals surface area (Å²) in [4.78, 5) is 4.44. The molecule has 21 heavy (non-hydrogen) atoms. The van der Waals surface area contributed by atoms with Gasteiger partial charge >= 0.3 is 0 Å². The Kier molecular flexibility index (Phi) is 3.43. The average molecular weight is 300 g/mol. The van der Waals surface area contributed by atoms with Gasteiger partial charge in [-0.15, -0.1) is 11.3 Å². The highest BCUT2D eigenvalue weighted by atomic mass is 32.1. The maximum Gasteiger partial charge on any atom is 0.124 e. The molecule has 1 unspecified atom stereocenters. The van der Waals surface area contributed by atoms with E-state index >= 15 is 0 Å². The number of aryl methyl sites for hydroxylation is 1. The summed E-state index contributed by atoms with van der Waals surface area (Å²) < 4.78 is 1.14. The third-order valence-corrected chi connectivity index (χ3v) is 4.29. The van der Waals surface area contributed by atoms with Crippen molar-refractivity contribution in [2.45, 2.75) is 19.9 Å². The maximum absolute atomic E-state index is 9.91. The van der Waals surface area contributed by atoms with E-state index in [0.717, 1.165) is 26.5 Å². The number of rotatable bonds is 3. The molecule has 0 saturated carbocycles. The summed E-state index contributed by atoms with van der Waals surface area (Å²) in [6, 6.07) is 10.6. The first-order valence-corrected chi connectivity index (χ1v) is 7.50. The Balaban J connectivity index is 1.86. The topological polar surface area (TPSA) is 65.4 Å². The molecule has 108 valence electrons. The van der Waals surface area contributed by atoms with Gasteiger partial charge in [0.1, 0.15) is 11.5 Å². The van der Waals surface area contributed by atoms with Gasteiger partial charge < -0.3 is 15.5 Å². The molecule has 1 aromatic heterocycles. The van der Waals surface area contributed by atoms with Gasteiger partial charge in [0.15, 0.2) is 0 Å². The highest BCUT2D eigenvalue weighted by Crippen LogP contribution is 2.31. The molecule has 0 aliphatic carbocycles. The lowest BCUT2D eigenvalue weighted by Gasteiger charge is -2.17. The molecule has 0 aliphatic rings. The van der Waals surface area contributed by atoms with E-state index in [0.29, 0.717) is 0 Å². The molecule has 3 N–H and O–H groups in total. The van der Waals surface area contributed by atoms with Crippen LogP contribution in [0.5, 0.6) is 11.5 Å². The van der Waals surface area contributed by atoms with Gasteiger partial charge in [-0.3, -0.25) is 0 Å². The molecule has 3 aromatic rings. The zero-order chi connectivity index (χ0) is 15.0. The predicted molar refractivity (Wildman–Crippen MR) is 86.2 cm³/mol. The number of hydrogen-bond donors (Lipinski definition) is 3. The molecule has 3 rings (SSSR count). The smallest absolute Gasteiger partial charge is 0.124 e. The number of nitrogens with one attached hydrogen (secondary N) is 1. The van der Waals surface area contributed by atoms with Gasteiger partial charge in [0.05, 0.1) is 21.3 Å². The molecule has 4 nitrogen and oxygen atoms in total. The first-order chi connectivity index (χ1) is 10.0. The molecule has 0 amide bonds. The fourth-order valence-electron chi connectivity index (χ4n) is 2.36. The van der Waals surface area contributed by atoms with Crippen LogP contribution in [0.1, 0.15) is 23.5 Å². The van der Waals surface area contributed by atoms with Gasteiger partial charge in [-0.05, 0) is 44.2 Å². The van der Waals surface area contributed by atoms with Crippen molar-refractivity contribution in [3.05, 3.63) is 47.0 Å². The number of hydrogen-bond acceptors (Lipinski definition) is 5. The van der Waals surface area contributed by atoms with E-state index in [2.05, 4.69) is 16.4 Å². The molecule has 0 fully saturated rings. The van der Waals surface area contributed by atoms with Gasteiger partial charge in [-0.1, -0.05) is 0 Å². The van der Waals surface area contributed by atoms with Crippen molar-refractivity contribution in [2.75, 3.05) is 5.32 Å². The van der Waals surface area contributed by atoms with Gasteiger partial charge in [0.2, 0.25) is 0 Å². The first-order valence-electron chi connectivity index (χ1n) is 6.68. The fraction of sp³-hybridized carbons (Fsp3) is 0.188. The molecule has 0 bridgehead atoms. The van der Waals surface area contributed by atoms with Crippen molar-refractivity contribution < 1.29 is 10.2 Å². The minimum absolute atomic E-state index is 0.0602. The number of phenolic OH excluding ortho intramolecular Hbond substituents is 2. The van der Waals surface area contributed by atoms with E-state index in [9.17, 15) is 10.2 Å². The maximum atomic E-state index is 9.91. The van der Waals surface area contributed by atoms with Crippen LogP contribution in [-0.2, 0) is 0 Å². The summed E-state index contributed by atoms with van der Waals surface area (Å²) in [5, 5.41) is 23.7. The third-order valence-electron chi connectivity index (χ3n) is 3.36. The molecular weight excluding hydrogens is 284 g/mol. The van der Waals surface area contributed by atoms with E-state index in [1.165, 1.54) is 6.07 Å². The Labute approximate surface area is 126 Å². The van der Waals surface area contributed by atoms with E-state index in [1.54, 1.807) is 23.5 Å². The minimum Gasteiger partial charge on any atom is -0.508 e. The molecule has 0 saturated heterocycles. The normalized spacial score (nSPS) is 12.5. The number of aromatic hydroxyl groups is 2. The molecule has 1 atom stereocenters. The second-order valence-corrected chi connectivity index (χ2v) is 6.26. The highest BCUT2D eigenvalue weighted by Gasteiger charge is 2.11. The van der Waals surface area contributed by atoms with E-state index < -0.39 is 0 Å². The second kappa shape index (κ2) is 5.26. The van der Waals surface area contributed by atoms with Crippen molar-refractivity contribution >= 4 is 27.2 Å². The van der Waals surface area contributed by atoms with Crippen LogP contribution in [0.2, 0.25) is 0 Å². The summed E-state index contributed by atoms with van der Waals surface area (Å²) in [6.07, 6.45) is 0. The Bertz CT molecular complexity index is 798. The summed E-state index contributed by atoms with van der Waals surface area (Å²) in [5.74, 6) is 0.148. The van der Waals surface area contributed by atoms with E-state index in [4.69, 9.17) is 0 Å². The average Bonchev–Trinajstić information content (AvgIpc) is 2.77. The van der Waals surface area contributed by atoms with Gasteiger partial charge in [0, 0.05) is 17.3 Å². The van der Waals surface area contributed by atoms with Crippen LogP contribution < -0.4 is 5.32 Å². The molecule has 1 heterocycles. The quantitative estimate of drug-likeness (QED) is 0.678. The largest absolute Gasteiger partial charge is 0.508 e. The SMILES string of the molecule is Cc1nc2ccc(NC(C)c3ccc(O)cc3O)cc2s1. The summed E-state index contributed by atoms with van der Waals surface area (Å²) >= 11 is 1.66. The molecule has 2 aromatic carbocycles. The Morgan fingerprint density at radius 1 is 1.14 bits per heavy atom. The third kappa shape index (κ3) is 2.78. The van der Waals surface area contributed by atoms with Crippen LogP contribution >= 0.6 is 11.3 Å². The van der Waals surface area contributed by atoms with Crippen LogP contribution in [0.3, 0.4) is 0 Å².